The smallest absolute Gasteiger partial charge is 0.254 e. The van der Waals surface area contributed by atoms with Crippen molar-refractivity contribution in [1.82, 2.24) is 15.1 Å². The highest BCUT2D eigenvalue weighted by molar-refractivity contribution is 9.10. The van der Waals surface area contributed by atoms with E-state index in [9.17, 15) is 4.79 Å². The lowest BCUT2D eigenvalue weighted by Gasteiger charge is -2.05. The van der Waals surface area contributed by atoms with E-state index in [2.05, 4.69) is 38.5 Å². The Hall–Kier alpha value is -1.62. The summed E-state index contributed by atoms with van der Waals surface area (Å²) in [6.45, 7) is 2.56. The van der Waals surface area contributed by atoms with E-state index in [0.29, 0.717) is 12.1 Å². The first-order valence-electron chi connectivity index (χ1n) is 6.59. The summed E-state index contributed by atoms with van der Waals surface area (Å²) >= 11 is 3.46. The third kappa shape index (κ3) is 3.70. The van der Waals surface area contributed by atoms with Gasteiger partial charge in [0, 0.05) is 23.8 Å². The van der Waals surface area contributed by atoms with Crippen LogP contribution in [0.4, 0.5) is 0 Å². The molecule has 5 heteroatoms. The van der Waals surface area contributed by atoms with E-state index >= 15 is 0 Å². The molecule has 1 amide bonds. The molecule has 0 saturated carbocycles. The minimum Gasteiger partial charge on any atom is -0.352 e. The summed E-state index contributed by atoms with van der Waals surface area (Å²) in [5, 5.41) is 7.01. The molecule has 0 aliphatic heterocycles. The maximum Gasteiger partial charge on any atom is 0.254 e. The molecule has 0 radical (unpaired) electrons. The molecular weight excluding hydrogens is 318 g/mol. The lowest BCUT2D eigenvalue weighted by atomic mass is 10.1. The minimum atomic E-state index is -0.0511. The number of carbonyl (C=O) groups excluding carboxylic acids is 1. The van der Waals surface area contributed by atoms with Gasteiger partial charge in [0.2, 0.25) is 0 Å². The molecule has 2 rings (SSSR count). The summed E-state index contributed by atoms with van der Waals surface area (Å²) in [5.74, 6) is -0.0511. The van der Waals surface area contributed by atoms with Crippen molar-refractivity contribution in [2.45, 2.75) is 19.8 Å². The van der Waals surface area contributed by atoms with E-state index in [0.717, 1.165) is 23.0 Å². The van der Waals surface area contributed by atoms with Gasteiger partial charge in [-0.2, -0.15) is 5.10 Å². The normalized spacial score (nSPS) is 10.6. The number of hydrogen-bond donors (Lipinski definition) is 1. The fraction of sp³-hybridized carbons (Fsp3) is 0.333. The van der Waals surface area contributed by atoms with E-state index < -0.39 is 0 Å². The van der Waals surface area contributed by atoms with Crippen molar-refractivity contribution in [3.05, 3.63) is 51.8 Å². The zero-order valence-electron chi connectivity index (χ0n) is 11.7. The van der Waals surface area contributed by atoms with Crippen LogP contribution in [0.2, 0.25) is 0 Å². The van der Waals surface area contributed by atoms with Gasteiger partial charge in [0.15, 0.2) is 0 Å². The molecule has 4 nitrogen and oxygen atoms in total. The van der Waals surface area contributed by atoms with Crippen LogP contribution in [0.3, 0.4) is 0 Å². The molecule has 0 bridgehead atoms. The molecule has 0 aliphatic rings. The predicted molar refractivity (Wildman–Crippen MR) is 82.7 cm³/mol. The number of nitrogens with zero attached hydrogens (tertiary/aromatic N) is 2. The van der Waals surface area contributed by atoms with Crippen LogP contribution in [-0.4, -0.2) is 22.2 Å². The average molecular weight is 336 g/mol. The largest absolute Gasteiger partial charge is 0.352 e. The van der Waals surface area contributed by atoms with Gasteiger partial charge in [-0.1, -0.05) is 28.1 Å². The quantitative estimate of drug-likeness (QED) is 0.854. The zero-order valence-corrected chi connectivity index (χ0v) is 13.3. The van der Waals surface area contributed by atoms with E-state index in [1.807, 2.05) is 26.1 Å². The number of aromatic nitrogens is 2. The van der Waals surface area contributed by atoms with E-state index in [1.165, 1.54) is 5.56 Å². The number of benzene rings is 1. The summed E-state index contributed by atoms with van der Waals surface area (Å²) < 4.78 is 2.79. The summed E-state index contributed by atoms with van der Waals surface area (Å²) in [6, 6.07) is 8.23. The molecular formula is C15H18BrN3O. The van der Waals surface area contributed by atoms with Crippen LogP contribution in [0.15, 0.2) is 34.9 Å². The third-order valence-corrected chi connectivity index (χ3v) is 3.79. The second kappa shape index (κ2) is 6.70. The number of amides is 1. The predicted octanol–water partition coefficient (Wildman–Crippen LogP) is 2.85. The molecule has 0 atom stereocenters. The van der Waals surface area contributed by atoms with Crippen LogP contribution >= 0.6 is 15.9 Å². The molecule has 1 N–H and O–H groups in total. The fourth-order valence-electron chi connectivity index (χ4n) is 2.00. The van der Waals surface area contributed by atoms with Gasteiger partial charge in [0.1, 0.15) is 0 Å². The molecule has 1 aromatic heterocycles. The first kappa shape index (κ1) is 14.8. The standard InChI is InChI=1S/C15H18BrN3O/c1-11-14(10-18-19(11)2)15(20)17-8-4-6-12-5-3-7-13(16)9-12/h3,5,7,9-10H,4,6,8H2,1-2H3,(H,17,20). The zero-order chi connectivity index (χ0) is 14.5. The van der Waals surface area contributed by atoms with Gasteiger partial charge in [0.05, 0.1) is 11.8 Å². The van der Waals surface area contributed by atoms with Crippen molar-refractivity contribution in [2.24, 2.45) is 7.05 Å². The van der Waals surface area contributed by atoms with E-state index in [4.69, 9.17) is 0 Å². The van der Waals surface area contributed by atoms with Crippen LogP contribution in [0.25, 0.3) is 0 Å². The molecule has 0 fully saturated rings. The van der Waals surface area contributed by atoms with Gasteiger partial charge >= 0.3 is 0 Å². The van der Waals surface area contributed by atoms with Crippen molar-refractivity contribution in [3.63, 3.8) is 0 Å². The Bertz CT molecular complexity index is 607. The molecule has 0 aliphatic carbocycles. The van der Waals surface area contributed by atoms with Crippen molar-refractivity contribution < 1.29 is 4.79 Å². The Kier molecular flexibility index (Phi) is 4.95. The first-order valence-corrected chi connectivity index (χ1v) is 7.38. The summed E-state index contributed by atoms with van der Waals surface area (Å²) in [4.78, 5) is 12.0. The number of carbonyl (C=O) groups is 1. The number of hydrogen-bond acceptors (Lipinski definition) is 2. The highest BCUT2D eigenvalue weighted by Crippen LogP contribution is 2.12. The van der Waals surface area contributed by atoms with E-state index in [1.54, 1.807) is 10.9 Å². The highest BCUT2D eigenvalue weighted by Gasteiger charge is 2.11. The molecule has 20 heavy (non-hydrogen) atoms. The lowest BCUT2D eigenvalue weighted by molar-refractivity contribution is 0.0952. The van der Waals surface area contributed by atoms with Gasteiger partial charge in [-0.25, -0.2) is 0 Å². The average Bonchev–Trinajstić information content (AvgIpc) is 2.75. The van der Waals surface area contributed by atoms with Crippen LogP contribution in [0.5, 0.6) is 0 Å². The molecule has 1 aromatic carbocycles. The van der Waals surface area contributed by atoms with Gasteiger partial charge in [-0.05, 0) is 37.5 Å². The first-order chi connectivity index (χ1) is 9.58. The maximum atomic E-state index is 12.0. The Labute approximate surface area is 127 Å². The molecule has 0 unspecified atom stereocenters. The minimum absolute atomic E-state index is 0.0511. The Balaban J connectivity index is 1.79. The van der Waals surface area contributed by atoms with Crippen LogP contribution < -0.4 is 5.32 Å². The van der Waals surface area contributed by atoms with E-state index in [-0.39, 0.29) is 5.91 Å². The molecule has 0 spiro atoms. The second-order valence-corrected chi connectivity index (χ2v) is 5.67. The number of halogens is 1. The summed E-state index contributed by atoms with van der Waals surface area (Å²) in [7, 11) is 1.83. The SMILES string of the molecule is Cc1c(C(=O)NCCCc2cccc(Br)c2)cnn1C. The molecule has 0 saturated heterocycles. The molecule has 1 heterocycles. The lowest BCUT2D eigenvalue weighted by Crippen LogP contribution is -2.25. The third-order valence-electron chi connectivity index (χ3n) is 3.30. The molecule has 2 aromatic rings. The van der Waals surface area contributed by atoms with Crippen molar-refractivity contribution in [2.75, 3.05) is 6.54 Å². The number of nitrogens with one attached hydrogen (secondary N) is 1. The van der Waals surface area contributed by atoms with Gasteiger partial charge in [0.25, 0.3) is 5.91 Å². The molecule has 106 valence electrons. The topological polar surface area (TPSA) is 46.9 Å². The summed E-state index contributed by atoms with van der Waals surface area (Å²) in [6.07, 6.45) is 3.48. The summed E-state index contributed by atoms with van der Waals surface area (Å²) in [5.41, 5.74) is 2.80. The highest BCUT2D eigenvalue weighted by atomic mass is 79.9. The second-order valence-electron chi connectivity index (χ2n) is 4.76. The van der Waals surface area contributed by atoms with Crippen molar-refractivity contribution >= 4 is 21.8 Å². The number of rotatable bonds is 5. The Morgan fingerprint density at radius 1 is 1.45 bits per heavy atom. The fourth-order valence-corrected chi connectivity index (χ4v) is 2.45. The van der Waals surface area contributed by atoms with Gasteiger partial charge in [-0.3, -0.25) is 9.48 Å². The number of aryl methyl sites for hydroxylation is 2. The van der Waals surface area contributed by atoms with Crippen LogP contribution in [-0.2, 0) is 13.5 Å². The van der Waals surface area contributed by atoms with Crippen molar-refractivity contribution in [3.8, 4) is 0 Å². The monoisotopic (exact) mass is 335 g/mol. The van der Waals surface area contributed by atoms with Gasteiger partial charge in [-0.15, -0.1) is 0 Å². The maximum absolute atomic E-state index is 12.0. The Morgan fingerprint density at radius 2 is 2.25 bits per heavy atom. The van der Waals surface area contributed by atoms with Crippen molar-refractivity contribution in [1.29, 1.82) is 0 Å². The van der Waals surface area contributed by atoms with Crippen LogP contribution in [0, 0.1) is 6.92 Å². The van der Waals surface area contributed by atoms with Crippen LogP contribution in [0.1, 0.15) is 28.0 Å². The Morgan fingerprint density at radius 3 is 2.90 bits per heavy atom. The van der Waals surface area contributed by atoms with Gasteiger partial charge < -0.3 is 5.32 Å².